The molecule has 84 valence electrons. The molecule has 2 aliphatic rings. The molecular formula is C11H18N2O2. The van der Waals surface area contributed by atoms with E-state index in [1.807, 2.05) is 0 Å². The summed E-state index contributed by atoms with van der Waals surface area (Å²) >= 11 is 0. The molecule has 2 amide bonds. The SMILES string of the molecule is NC(=O)CN1CC2CCCCCC2C1=O. The fourth-order valence-electron chi connectivity index (χ4n) is 2.87. The maximum absolute atomic E-state index is 11.9. The molecular weight excluding hydrogens is 192 g/mol. The Hall–Kier alpha value is -1.06. The quantitative estimate of drug-likeness (QED) is 0.721. The molecule has 2 atom stereocenters. The summed E-state index contributed by atoms with van der Waals surface area (Å²) in [5.41, 5.74) is 5.12. The molecule has 0 bridgehead atoms. The molecule has 0 radical (unpaired) electrons. The molecule has 2 N–H and O–H groups in total. The van der Waals surface area contributed by atoms with Gasteiger partial charge in [-0.05, 0) is 18.8 Å². The summed E-state index contributed by atoms with van der Waals surface area (Å²) in [6, 6.07) is 0. The topological polar surface area (TPSA) is 63.4 Å². The molecule has 1 aliphatic carbocycles. The van der Waals surface area contributed by atoms with Crippen molar-refractivity contribution in [2.24, 2.45) is 17.6 Å². The first kappa shape index (κ1) is 10.5. The normalized spacial score (nSPS) is 31.2. The minimum atomic E-state index is -0.403. The summed E-state index contributed by atoms with van der Waals surface area (Å²) in [7, 11) is 0. The molecule has 0 aromatic carbocycles. The average molecular weight is 210 g/mol. The van der Waals surface area contributed by atoms with Gasteiger partial charge in [0, 0.05) is 12.5 Å². The van der Waals surface area contributed by atoms with Crippen molar-refractivity contribution in [3.63, 3.8) is 0 Å². The zero-order valence-electron chi connectivity index (χ0n) is 8.95. The number of carbonyl (C=O) groups is 2. The van der Waals surface area contributed by atoms with Gasteiger partial charge in [-0.15, -0.1) is 0 Å². The van der Waals surface area contributed by atoms with Crippen LogP contribution in [0.1, 0.15) is 32.1 Å². The van der Waals surface area contributed by atoms with Crippen LogP contribution in [-0.2, 0) is 9.59 Å². The Labute approximate surface area is 89.8 Å². The Kier molecular flexibility index (Phi) is 2.93. The molecule has 15 heavy (non-hydrogen) atoms. The molecule has 2 unspecified atom stereocenters. The first-order valence-electron chi connectivity index (χ1n) is 5.75. The fraction of sp³-hybridized carbons (Fsp3) is 0.818. The van der Waals surface area contributed by atoms with E-state index in [0.29, 0.717) is 5.92 Å². The molecule has 2 fully saturated rings. The van der Waals surface area contributed by atoms with E-state index in [1.165, 1.54) is 12.8 Å². The molecule has 4 heteroatoms. The summed E-state index contributed by atoms with van der Waals surface area (Å²) < 4.78 is 0. The third-order valence-electron chi connectivity index (χ3n) is 3.59. The maximum atomic E-state index is 11.9. The van der Waals surface area contributed by atoms with E-state index in [-0.39, 0.29) is 18.4 Å². The van der Waals surface area contributed by atoms with Crippen LogP contribution in [0.15, 0.2) is 0 Å². The van der Waals surface area contributed by atoms with Gasteiger partial charge in [-0.1, -0.05) is 19.3 Å². The van der Waals surface area contributed by atoms with Crippen molar-refractivity contribution >= 4 is 11.8 Å². The van der Waals surface area contributed by atoms with Gasteiger partial charge in [0.25, 0.3) is 0 Å². The smallest absolute Gasteiger partial charge is 0.237 e. The molecule has 0 aromatic rings. The number of rotatable bonds is 2. The van der Waals surface area contributed by atoms with Crippen molar-refractivity contribution < 1.29 is 9.59 Å². The predicted molar refractivity (Wildman–Crippen MR) is 55.8 cm³/mol. The van der Waals surface area contributed by atoms with Crippen LogP contribution in [0, 0.1) is 11.8 Å². The minimum absolute atomic E-state index is 0.103. The van der Waals surface area contributed by atoms with Crippen LogP contribution >= 0.6 is 0 Å². The lowest BCUT2D eigenvalue weighted by molar-refractivity contribution is -0.134. The Morgan fingerprint density at radius 3 is 2.80 bits per heavy atom. The van der Waals surface area contributed by atoms with E-state index < -0.39 is 5.91 Å². The van der Waals surface area contributed by atoms with E-state index >= 15 is 0 Å². The van der Waals surface area contributed by atoms with Crippen molar-refractivity contribution in [1.82, 2.24) is 4.90 Å². The van der Waals surface area contributed by atoms with Crippen molar-refractivity contribution in [1.29, 1.82) is 0 Å². The summed E-state index contributed by atoms with van der Waals surface area (Å²) in [5, 5.41) is 0. The predicted octanol–water partition coefficient (Wildman–Crippen LogP) is 0.510. The molecule has 4 nitrogen and oxygen atoms in total. The van der Waals surface area contributed by atoms with Crippen molar-refractivity contribution in [2.45, 2.75) is 32.1 Å². The lowest BCUT2D eigenvalue weighted by atomic mass is 9.91. The molecule has 0 aromatic heterocycles. The first-order valence-corrected chi connectivity index (χ1v) is 5.75. The third-order valence-corrected chi connectivity index (χ3v) is 3.59. The van der Waals surface area contributed by atoms with Crippen LogP contribution in [0.4, 0.5) is 0 Å². The average Bonchev–Trinajstić information content (AvgIpc) is 2.40. The van der Waals surface area contributed by atoms with Crippen LogP contribution in [0.3, 0.4) is 0 Å². The van der Waals surface area contributed by atoms with E-state index in [1.54, 1.807) is 4.90 Å². The zero-order valence-corrected chi connectivity index (χ0v) is 8.95. The van der Waals surface area contributed by atoms with E-state index in [2.05, 4.69) is 0 Å². The second-order valence-electron chi connectivity index (χ2n) is 4.69. The Bertz CT molecular complexity index is 278. The highest BCUT2D eigenvalue weighted by atomic mass is 16.2. The summed E-state index contributed by atoms with van der Waals surface area (Å²) in [5.74, 6) is 0.395. The minimum Gasteiger partial charge on any atom is -0.368 e. The Morgan fingerprint density at radius 1 is 1.33 bits per heavy atom. The highest BCUT2D eigenvalue weighted by Gasteiger charge is 2.40. The van der Waals surface area contributed by atoms with Crippen LogP contribution < -0.4 is 5.73 Å². The first-order chi connectivity index (χ1) is 7.18. The lowest BCUT2D eigenvalue weighted by Crippen LogP contribution is -2.35. The number of hydrogen-bond donors (Lipinski definition) is 1. The van der Waals surface area contributed by atoms with Crippen molar-refractivity contribution in [3.05, 3.63) is 0 Å². The highest BCUT2D eigenvalue weighted by molar-refractivity contribution is 5.86. The van der Waals surface area contributed by atoms with Gasteiger partial charge >= 0.3 is 0 Å². The number of fused-ring (bicyclic) bond motifs is 1. The number of likely N-dealkylation sites (tertiary alicyclic amines) is 1. The van der Waals surface area contributed by atoms with Gasteiger partial charge in [0.1, 0.15) is 0 Å². The summed E-state index contributed by atoms with van der Waals surface area (Å²) in [6.07, 6.45) is 5.75. The number of nitrogens with zero attached hydrogens (tertiary/aromatic N) is 1. The highest BCUT2D eigenvalue weighted by Crippen LogP contribution is 2.35. The second-order valence-corrected chi connectivity index (χ2v) is 4.69. The molecule has 1 saturated carbocycles. The van der Waals surface area contributed by atoms with Gasteiger partial charge < -0.3 is 10.6 Å². The van der Waals surface area contributed by atoms with Crippen molar-refractivity contribution in [2.75, 3.05) is 13.1 Å². The molecule has 1 saturated heterocycles. The number of hydrogen-bond acceptors (Lipinski definition) is 2. The fourth-order valence-corrected chi connectivity index (χ4v) is 2.87. The molecule has 0 spiro atoms. The van der Waals surface area contributed by atoms with Crippen LogP contribution in [0.5, 0.6) is 0 Å². The van der Waals surface area contributed by atoms with Gasteiger partial charge in [-0.3, -0.25) is 9.59 Å². The molecule has 1 aliphatic heterocycles. The maximum Gasteiger partial charge on any atom is 0.237 e. The third kappa shape index (κ3) is 2.13. The molecule has 2 rings (SSSR count). The summed E-state index contributed by atoms with van der Waals surface area (Å²) in [4.78, 5) is 24.4. The number of carbonyl (C=O) groups excluding carboxylic acids is 2. The largest absolute Gasteiger partial charge is 0.368 e. The van der Waals surface area contributed by atoms with Gasteiger partial charge in [0.15, 0.2) is 0 Å². The number of nitrogens with two attached hydrogens (primary N) is 1. The monoisotopic (exact) mass is 210 g/mol. The van der Waals surface area contributed by atoms with Gasteiger partial charge in [0.2, 0.25) is 11.8 Å². The van der Waals surface area contributed by atoms with Gasteiger partial charge in [0.05, 0.1) is 6.54 Å². The van der Waals surface area contributed by atoms with Crippen LogP contribution in [0.25, 0.3) is 0 Å². The van der Waals surface area contributed by atoms with E-state index in [0.717, 1.165) is 25.8 Å². The van der Waals surface area contributed by atoms with Gasteiger partial charge in [-0.25, -0.2) is 0 Å². The van der Waals surface area contributed by atoms with Crippen LogP contribution in [0.2, 0.25) is 0 Å². The number of amides is 2. The Morgan fingerprint density at radius 2 is 2.07 bits per heavy atom. The number of primary amides is 1. The van der Waals surface area contributed by atoms with E-state index in [9.17, 15) is 9.59 Å². The summed E-state index contributed by atoms with van der Waals surface area (Å²) in [6.45, 7) is 0.846. The second kappa shape index (κ2) is 4.21. The van der Waals surface area contributed by atoms with Crippen molar-refractivity contribution in [3.8, 4) is 0 Å². The lowest BCUT2D eigenvalue weighted by Gasteiger charge is -2.14. The standard InChI is InChI=1S/C11H18N2O2/c12-10(14)7-13-6-8-4-2-1-3-5-9(8)11(13)15/h8-9H,1-7H2,(H2,12,14). The van der Waals surface area contributed by atoms with E-state index in [4.69, 9.17) is 5.73 Å². The van der Waals surface area contributed by atoms with Gasteiger partial charge in [-0.2, -0.15) is 0 Å². The molecule has 1 heterocycles. The zero-order chi connectivity index (χ0) is 10.8. The Balaban J connectivity index is 2.03. The van der Waals surface area contributed by atoms with Crippen LogP contribution in [-0.4, -0.2) is 29.8 Å².